The molecular formula is C13H17FN4. The lowest BCUT2D eigenvalue weighted by atomic mass is 10.1. The van der Waals surface area contributed by atoms with Gasteiger partial charge in [-0.15, -0.1) is 0 Å². The van der Waals surface area contributed by atoms with Crippen molar-refractivity contribution in [2.75, 3.05) is 17.7 Å². The molecule has 96 valence electrons. The predicted molar refractivity (Wildman–Crippen MR) is 71.0 cm³/mol. The van der Waals surface area contributed by atoms with Gasteiger partial charge < -0.3 is 15.6 Å². The Bertz CT molecular complexity index is 550. The third kappa shape index (κ3) is 2.16. The average Bonchev–Trinajstić information content (AvgIpc) is 2.67. The molecule has 0 aliphatic carbocycles. The van der Waals surface area contributed by atoms with Crippen LogP contribution in [0.15, 0.2) is 24.3 Å². The molecule has 1 unspecified atom stereocenters. The van der Waals surface area contributed by atoms with Crippen LogP contribution in [0.2, 0.25) is 0 Å². The van der Waals surface area contributed by atoms with Crippen LogP contribution in [0.4, 0.5) is 16.0 Å². The Hall–Kier alpha value is -2.04. The van der Waals surface area contributed by atoms with Gasteiger partial charge in [-0.25, -0.2) is 9.37 Å². The Morgan fingerprint density at radius 1 is 1.39 bits per heavy atom. The van der Waals surface area contributed by atoms with Gasteiger partial charge in [0.05, 0.1) is 6.04 Å². The molecule has 18 heavy (non-hydrogen) atoms. The van der Waals surface area contributed by atoms with Crippen LogP contribution < -0.4 is 10.6 Å². The number of halogens is 1. The van der Waals surface area contributed by atoms with Crippen molar-refractivity contribution in [1.82, 2.24) is 9.97 Å². The average molecular weight is 248 g/mol. The van der Waals surface area contributed by atoms with E-state index in [1.54, 1.807) is 12.1 Å². The molecule has 0 bridgehead atoms. The number of hydrogen-bond acceptors (Lipinski definition) is 3. The van der Waals surface area contributed by atoms with Crippen LogP contribution in [0.3, 0.4) is 0 Å². The summed E-state index contributed by atoms with van der Waals surface area (Å²) in [5.41, 5.74) is 6.47. The fourth-order valence-corrected chi connectivity index (χ4v) is 1.97. The van der Waals surface area contributed by atoms with E-state index in [-0.39, 0.29) is 11.9 Å². The first kappa shape index (κ1) is 12.4. The van der Waals surface area contributed by atoms with Crippen LogP contribution >= 0.6 is 0 Å². The standard InChI is InChI=1S/C13H17FN4/c1-8(10-6-4-5-7-11(10)14)18(3)13-12(15)16-9(2)17-13/h4-8H,15H2,1-3H3,(H,16,17). The van der Waals surface area contributed by atoms with Crippen LogP contribution in [0, 0.1) is 12.7 Å². The number of H-pyrrole nitrogens is 1. The summed E-state index contributed by atoms with van der Waals surface area (Å²) in [5.74, 6) is 1.67. The lowest BCUT2D eigenvalue weighted by molar-refractivity contribution is 0.584. The lowest BCUT2D eigenvalue weighted by Crippen LogP contribution is -2.23. The number of nitrogens with zero attached hydrogens (tertiary/aromatic N) is 2. The molecule has 1 heterocycles. The zero-order chi connectivity index (χ0) is 13.3. The van der Waals surface area contributed by atoms with Crippen molar-refractivity contribution in [3.05, 3.63) is 41.5 Å². The molecule has 3 N–H and O–H groups in total. The summed E-state index contributed by atoms with van der Waals surface area (Å²) >= 11 is 0. The zero-order valence-corrected chi connectivity index (χ0v) is 10.7. The number of nitrogen functional groups attached to an aromatic ring is 1. The minimum Gasteiger partial charge on any atom is -0.382 e. The monoisotopic (exact) mass is 248 g/mol. The maximum atomic E-state index is 13.7. The van der Waals surface area contributed by atoms with Crippen molar-refractivity contribution in [3.8, 4) is 0 Å². The van der Waals surface area contributed by atoms with E-state index in [9.17, 15) is 4.39 Å². The molecule has 0 aliphatic heterocycles. The van der Waals surface area contributed by atoms with Gasteiger partial charge in [-0.2, -0.15) is 0 Å². The molecule has 1 aromatic carbocycles. The molecule has 0 saturated carbocycles. The van der Waals surface area contributed by atoms with E-state index in [0.29, 0.717) is 17.2 Å². The number of aromatic nitrogens is 2. The minimum absolute atomic E-state index is 0.142. The summed E-state index contributed by atoms with van der Waals surface area (Å²) in [5, 5.41) is 0. The second-order valence-corrected chi connectivity index (χ2v) is 4.37. The first-order valence-electron chi connectivity index (χ1n) is 5.80. The van der Waals surface area contributed by atoms with Crippen molar-refractivity contribution in [2.24, 2.45) is 0 Å². The van der Waals surface area contributed by atoms with E-state index in [2.05, 4.69) is 9.97 Å². The molecule has 0 saturated heterocycles. The molecule has 2 aromatic rings. The van der Waals surface area contributed by atoms with Gasteiger partial charge in [0.1, 0.15) is 17.5 Å². The Balaban J connectivity index is 2.32. The van der Waals surface area contributed by atoms with Crippen LogP contribution in [-0.2, 0) is 0 Å². The Kier molecular flexibility index (Phi) is 3.23. The maximum Gasteiger partial charge on any atom is 0.171 e. The van der Waals surface area contributed by atoms with Crippen molar-refractivity contribution >= 4 is 11.6 Å². The van der Waals surface area contributed by atoms with E-state index in [0.717, 1.165) is 5.82 Å². The number of rotatable bonds is 3. The summed E-state index contributed by atoms with van der Waals surface area (Å²) in [6.07, 6.45) is 0. The van der Waals surface area contributed by atoms with E-state index < -0.39 is 0 Å². The number of anilines is 2. The molecule has 5 heteroatoms. The number of aryl methyl sites for hydroxylation is 1. The van der Waals surface area contributed by atoms with Gasteiger partial charge in [0.2, 0.25) is 0 Å². The maximum absolute atomic E-state index is 13.7. The van der Waals surface area contributed by atoms with Gasteiger partial charge in [-0.3, -0.25) is 0 Å². The van der Waals surface area contributed by atoms with Crippen molar-refractivity contribution in [1.29, 1.82) is 0 Å². The predicted octanol–water partition coefficient (Wildman–Crippen LogP) is 2.64. The van der Waals surface area contributed by atoms with Gasteiger partial charge in [0, 0.05) is 12.6 Å². The summed E-state index contributed by atoms with van der Waals surface area (Å²) in [7, 11) is 1.85. The summed E-state index contributed by atoms with van der Waals surface area (Å²) in [6.45, 7) is 3.75. The summed E-state index contributed by atoms with van der Waals surface area (Å²) in [6, 6.07) is 6.59. The van der Waals surface area contributed by atoms with Crippen LogP contribution in [0.1, 0.15) is 24.4 Å². The molecule has 4 nitrogen and oxygen atoms in total. The number of nitrogens with two attached hydrogens (primary N) is 1. The van der Waals surface area contributed by atoms with Gasteiger partial charge in [0.15, 0.2) is 5.82 Å². The Morgan fingerprint density at radius 2 is 2.06 bits per heavy atom. The van der Waals surface area contributed by atoms with Crippen LogP contribution in [0.25, 0.3) is 0 Å². The second-order valence-electron chi connectivity index (χ2n) is 4.37. The molecule has 0 aliphatic rings. The van der Waals surface area contributed by atoms with Crippen molar-refractivity contribution in [3.63, 3.8) is 0 Å². The highest BCUT2D eigenvalue weighted by atomic mass is 19.1. The smallest absolute Gasteiger partial charge is 0.171 e. The van der Waals surface area contributed by atoms with Crippen molar-refractivity contribution < 1.29 is 4.39 Å². The SMILES string of the molecule is Cc1nc(N(C)C(C)c2ccccc2F)c(N)[nH]1. The van der Waals surface area contributed by atoms with E-state index in [1.807, 2.05) is 31.9 Å². The molecule has 1 aromatic heterocycles. The van der Waals surface area contributed by atoms with E-state index in [1.165, 1.54) is 6.07 Å². The highest BCUT2D eigenvalue weighted by Crippen LogP contribution is 2.28. The molecule has 0 radical (unpaired) electrons. The number of benzene rings is 1. The Labute approximate surface area is 106 Å². The summed E-state index contributed by atoms with van der Waals surface area (Å²) in [4.78, 5) is 9.11. The van der Waals surface area contributed by atoms with Gasteiger partial charge in [-0.1, -0.05) is 18.2 Å². The fourth-order valence-electron chi connectivity index (χ4n) is 1.97. The Morgan fingerprint density at radius 3 is 2.61 bits per heavy atom. The van der Waals surface area contributed by atoms with Gasteiger partial charge >= 0.3 is 0 Å². The lowest BCUT2D eigenvalue weighted by Gasteiger charge is -2.25. The van der Waals surface area contributed by atoms with Crippen molar-refractivity contribution in [2.45, 2.75) is 19.9 Å². The first-order chi connectivity index (χ1) is 8.50. The zero-order valence-electron chi connectivity index (χ0n) is 10.7. The highest BCUT2D eigenvalue weighted by molar-refractivity contribution is 5.59. The third-order valence-corrected chi connectivity index (χ3v) is 3.10. The van der Waals surface area contributed by atoms with Crippen LogP contribution in [0.5, 0.6) is 0 Å². The molecule has 0 amide bonds. The topological polar surface area (TPSA) is 57.9 Å². The van der Waals surface area contributed by atoms with E-state index >= 15 is 0 Å². The largest absolute Gasteiger partial charge is 0.382 e. The number of aromatic amines is 1. The van der Waals surface area contributed by atoms with E-state index in [4.69, 9.17) is 5.73 Å². The highest BCUT2D eigenvalue weighted by Gasteiger charge is 2.19. The minimum atomic E-state index is -0.220. The first-order valence-corrected chi connectivity index (χ1v) is 5.80. The number of hydrogen-bond donors (Lipinski definition) is 2. The molecule has 1 atom stereocenters. The normalized spacial score (nSPS) is 12.4. The number of nitrogens with one attached hydrogen (secondary N) is 1. The molecule has 2 rings (SSSR count). The van der Waals surface area contributed by atoms with Crippen LogP contribution in [-0.4, -0.2) is 17.0 Å². The molecular weight excluding hydrogens is 231 g/mol. The third-order valence-electron chi connectivity index (χ3n) is 3.10. The molecule has 0 spiro atoms. The quantitative estimate of drug-likeness (QED) is 0.878. The second kappa shape index (κ2) is 4.68. The number of imidazole rings is 1. The van der Waals surface area contributed by atoms with Gasteiger partial charge in [0.25, 0.3) is 0 Å². The molecule has 0 fully saturated rings. The van der Waals surface area contributed by atoms with Gasteiger partial charge in [-0.05, 0) is 19.9 Å². The fraction of sp³-hybridized carbons (Fsp3) is 0.308. The summed E-state index contributed by atoms with van der Waals surface area (Å²) < 4.78 is 13.7.